The molecule has 1 heterocycles. The maximum atomic E-state index is 11.7. The standard InChI is InChI=1S/C13H23NO4/c1-3-5-9-14(13(16)17-4-2)10-8-11-6-7-12(15)18-11/h11H,3-10H2,1-2H3. The van der Waals surface area contributed by atoms with Crippen LogP contribution < -0.4 is 0 Å². The largest absolute Gasteiger partial charge is 0.462 e. The molecule has 104 valence electrons. The molecule has 0 N–H and O–H groups in total. The second kappa shape index (κ2) is 7.95. The lowest BCUT2D eigenvalue weighted by molar-refractivity contribution is -0.141. The summed E-state index contributed by atoms with van der Waals surface area (Å²) in [5, 5.41) is 0. The Labute approximate surface area is 108 Å². The molecule has 5 heteroatoms. The van der Waals surface area contributed by atoms with Crippen LogP contribution in [0.2, 0.25) is 0 Å². The van der Waals surface area contributed by atoms with E-state index < -0.39 is 0 Å². The molecule has 1 fully saturated rings. The third-order valence-corrected chi connectivity index (χ3v) is 3.00. The van der Waals surface area contributed by atoms with Crippen molar-refractivity contribution in [2.24, 2.45) is 0 Å². The van der Waals surface area contributed by atoms with E-state index in [4.69, 9.17) is 9.47 Å². The van der Waals surface area contributed by atoms with Crippen LogP contribution in [-0.4, -0.2) is 42.8 Å². The number of hydrogen-bond acceptors (Lipinski definition) is 4. The smallest absolute Gasteiger partial charge is 0.409 e. The predicted molar refractivity (Wildman–Crippen MR) is 67.2 cm³/mol. The Kier molecular flexibility index (Phi) is 6.54. The van der Waals surface area contributed by atoms with Crippen molar-refractivity contribution >= 4 is 12.1 Å². The number of cyclic esters (lactones) is 1. The van der Waals surface area contributed by atoms with Crippen molar-refractivity contribution in [3.63, 3.8) is 0 Å². The van der Waals surface area contributed by atoms with Gasteiger partial charge in [0.25, 0.3) is 0 Å². The Bertz CT molecular complexity index is 280. The number of amides is 1. The molecule has 0 aromatic rings. The van der Waals surface area contributed by atoms with Gasteiger partial charge in [-0.15, -0.1) is 0 Å². The van der Waals surface area contributed by atoms with Gasteiger partial charge >= 0.3 is 12.1 Å². The molecule has 1 aliphatic heterocycles. The molecule has 0 aliphatic carbocycles. The van der Waals surface area contributed by atoms with Crippen molar-refractivity contribution in [2.75, 3.05) is 19.7 Å². The van der Waals surface area contributed by atoms with Crippen molar-refractivity contribution in [3.8, 4) is 0 Å². The van der Waals surface area contributed by atoms with Crippen molar-refractivity contribution < 1.29 is 19.1 Å². The minimum absolute atomic E-state index is 0.0314. The zero-order valence-electron chi connectivity index (χ0n) is 11.3. The lowest BCUT2D eigenvalue weighted by Gasteiger charge is -2.22. The van der Waals surface area contributed by atoms with Gasteiger partial charge in [-0.2, -0.15) is 0 Å². The fourth-order valence-corrected chi connectivity index (χ4v) is 1.94. The van der Waals surface area contributed by atoms with E-state index in [9.17, 15) is 9.59 Å². The number of unbranched alkanes of at least 4 members (excludes halogenated alkanes) is 1. The normalized spacial score (nSPS) is 18.6. The minimum atomic E-state index is -0.268. The van der Waals surface area contributed by atoms with Gasteiger partial charge in [0.15, 0.2) is 0 Å². The summed E-state index contributed by atoms with van der Waals surface area (Å²) in [6, 6.07) is 0. The Hall–Kier alpha value is -1.26. The predicted octanol–water partition coefficient (Wildman–Crippen LogP) is 2.34. The molecule has 0 bridgehead atoms. The van der Waals surface area contributed by atoms with Crippen LogP contribution in [0.1, 0.15) is 46.0 Å². The van der Waals surface area contributed by atoms with E-state index in [-0.39, 0.29) is 18.2 Å². The maximum Gasteiger partial charge on any atom is 0.409 e. The second-order valence-corrected chi connectivity index (χ2v) is 4.48. The molecule has 1 rings (SSSR count). The van der Waals surface area contributed by atoms with Crippen molar-refractivity contribution in [1.82, 2.24) is 4.90 Å². The molecule has 1 atom stereocenters. The van der Waals surface area contributed by atoms with E-state index >= 15 is 0 Å². The van der Waals surface area contributed by atoms with Crippen LogP contribution in [0.4, 0.5) is 4.79 Å². The van der Waals surface area contributed by atoms with Crippen LogP contribution in [0, 0.1) is 0 Å². The molecule has 1 amide bonds. The molecule has 0 spiro atoms. The number of carbonyl (C=O) groups is 2. The van der Waals surface area contributed by atoms with Gasteiger partial charge in [0, 0.05) is 25.9 Å². The highest BCUT2D eigenvalue weighted by Gasteiger charge is 2.24. The molecule has 0 saturated carbocycles. The number of carbonyl (C=O) groups excluding carboxylic acids is 2. The van der Waals surface area contributed by atoms with E-state index in [0.29, 0.717) is 32.5 Å². The van der Waals surface area contributed by atoms with E-state index in [1.807, 2.05) is 0 Å². The van der Waals surface area contributed by atoms with E-state index in [1.165, 1.54) is 0 Å². The first-order valence-corrected chi connectivity index (χ1v) is 6.78. The minimum Gasteiger partial charge on any atom is -0.462 e. The molecule has 0 aromatic heterocycles. The molecule has 1 saturated heterocycles. The number of rotatable bonds is 7. The number of nitrogens with zero attached hydrogens (tertiary/aromatic N) is 1. The summed E-state index contributed by atoms with van der Waals surface area (Å²) in [6.07, 6.45) is 3.67. The highest BCUT2D eigenvalue weighted by atomic mass is 16.6. The SMILES string of the molecule is CCCCN(CCC1CCC(=O)O1)C(=O)OCC. The van der Waals surface area contributed by atoms with Gasteiger partial charge in [-0.25, -0.2) is 4.79 Å². The Morgan fingerprint density at radius 2 is 2.22 bits per heavy atom. The molecule has 0 radical (unpaired) electrons. The highest BCUT2D eigenvalue weighted by molar-refractivity contribution is 5.71. The summed E-state index contributed by atoms with van der Waals surface area (Å²) in [6.45, 7) is 5.57. The monoisotopic (exact) mass is 257 g/mol. The quantitative estimate of drug-likeness (QED) is 0.657. The van der Waals surface area contributed by atoms with Crippen LogP contribution in [0.5, 0.6) is 0 Å². The first kappa shape index (κ1) is 14.8. The molecule has 0 aromatic carbocycles. The van der Waals surface area contributed by atoms with Gasteiger partial charge in [0.2, 0.25) is 0 Å². The van der Waals surface area contributed by atoms with Gasteiger partial charge in [0.1, 0.15) is 6.10 Å². The van der Waals surface area contributed by atoms with Crippen molar-refractivity contribution in [1.29, 1.82) is 0 Å². The third-order valence-electron chi connectivity index (χ3n) is 3.00. The molecule has 1 unspecified atom stereocenters. The second-order valence-electron chi connectivity index (χ2n) is 4.48. The first-order valence-electron chi connectivity index (χ1n) is 6.78. The van der Waals surface area contributed by atoms with E-state index in [1.54, 1.807) is 11.8 Å². The summed E-state index contributed by atoms with van der Waals surface area (Å²) in [5.41, 5.74) is 0. The van der Waals surface area contributed by atoms with Gasteiger partial charge in [-0.1, -0.05) is 13.3 Å². The molecule has 1 aliphatic rings. The van der Waals surface area contributed by atoms with Crippen LogP contribution >= 0.6 is 0 Å². The maximum absolute atomic E-state index is 11.7. The number of esters is 1. The molecular weight excluding hydrogens is 234 g/mol. The Morgan fingerprint density at radius 1 is 1.44 bits per heavy atom. The average Bonchev–Trinajstić information content (AvgIpc) is 2.75. The van der Waals surface area contributed by atoms with Gasteiger partial charge in [0.05, 0.1) is 6.61 Å². The van der Waals surface area contributed by atoms with Crippen LogP contribution in [0.15, 0.2) is 0 Å². The summed E-state index contributed by atoms with van der Waals surface area (Å²) in [5.74, 6) is -0.128. The zero-order valence-corrected chi connectivity index (χ0v) is 11.3. The fourth-order valence-electron chi connectivity index (χ4n) is 1.94. The number of hydrogen-bond donors (Lipinski definition) is 0. The average molecular weight is 257 g/mol. The lowest BCUT2D eigenvalue weighted by atomic mass is 10.2. The lowest BCUT2D eigenvalue weighted by Crippen LogP contribution is -2.35. The van der Waals surface area contributed by atoms with Crippen LogP contribution in [-0.2, 0) is 14.3 Å². The molecule has 5 nitrogen and oxygen atoms in total. The molecular formula is C13H23NO4. The highest BCUT2D eigenvalue weighted by Crippen LogP contribution is 2.17. The Balaban J connectivity index is 2.35. The van der Waals surface area contributed by atoms with E-state index in [2.05, 4.69) is 6.92 Å². The van der Waals surface area contributed by atoms with Crippen LogP contribution in [0.25, 0.3) is 0 Å². The summed E-state index contributed by atoms with van der Waals surface area (Å²) in [7, 11) is 0. The van der Waals surface area contributed by atoms with Gasteiger partial charge in [-0.3, -0.25) is 4.79 Å². The molecule has 18 heavy (non-hydrogen) atoms. The van der Waals surface area contributed by atoms with Crippen LogP contribution in [0.3, 0.4) is 0 Å². The van der Waals surface area contributed by atoms with E-state index in [0.717, 1.165) is 19.3 Å². The summed E-state index contributed by atoms with van der Waals surface area (Å²) >= 11 is 0. The van der Waals surface area contributed by atoms with Crippen molar-refractivity contribution in [3.05, 3.63) is 0 Å². The topological polar surface area (TPSA) is 55.8 Å². The Morgan fingerprint density at radius 3 is 2.78 bits per heavy atom. The zero-order chi connectivity index (χ0) is 13.4. The fraction of sp³-hybridized carbons (Fsp3) is 0.846. The number of ether oxygens (including phenoxy) is 2. The third kappa shape index (κ3) is 4.94. The van der Waals surface area contributed by atoms with Crippen molar-refractivity contribution in [2.45, 2.75) is 52.1 Å². The first-order chi connectivity index (χ1) is 8.67. The summed E-state index contributed by atoms with van der Waals surface area (Å²) < 4.78 is 10.2. The van der Waals surface area contributed by atoms with Gasteiger partial charge < -0.3 is 14.4 Å². The summed E-state index contributed by atoms with van der Waals surface area (Å²) in [4.78, 5) is 24.4. The van der Waals surface area contributed by atoms with Gasteiger partial charge in [-0.05, 0) is 19.8 Å².